The molecule has 1 atom stereocenters. The first kappa shape index (κ1) is 15.9. The second-order valence-corrected chi connectivity index (χ2v) is 7.25. The van der Waals surface area contributed by atoms with Gasteiger partial charge in [0.05, 0.1) is 23.2 Å². The van der Waals surface area contributed by atoms with Crippen LogP contribution in [0.15, 0.2) is 36.7 Å². The van der Waals surface area contributed by atoms with Gasteiger partial charge in [-0.25, -0.2) is 17.5 Å². The molecule has 1 saturated heterocycles. The Labute approximate surface area is 134 Å². The van der Waals surface area contributed by atoms with Crippen molar-refractivity contribution in [3.63, 3.8) is 0 Å². The molecular weight excluding hydrogens is 321 g/mol. The Hall–Kier alpha value is -1.93. The van der Waals surface area contributed by atoms with Gasteiger partial charge in [0, 0.05) is 25.1 Å². The van der Waals surface area contributed by atoms with Gasteiger partial charge in [-0.05, 0) is 37.5 Å². The molecule has 0 unspecified atom stereocenters. The lowest BCUT2D eigenvalue weighted by molar-refractivity contribution is 0.0306. The molecular formula is C15H18FN3O3S. The molecule has 1 aliphatic rings. The van der Waals surface area contributed by atoms with Crippen LogP contribution in [0.1, 0.15) is 19.3 Å². The van der Waals surface area contributed by atoms with Gasteiger partial charge in [-0.15, -0.1) is 0 Å². The quantitative estimate of drug-likeness (QED) is 0.907. The Bertz CT molecular complexity index is 756. The summed E-state index contributed by atoms with van der Waals surface area (Å²) in [6.07, 6.45) is 5.54. The molecule has 0 radical (unpaired) electrons. The molecule has 1 N–H and O–H groups in total. The number of nitrogens with one attached hydrogen (secondary N) is 1. The lowest BCUT2D eigenvalue weighted by atomic mass is 10.1. The van der Waals surface area contributed by atoms with Crippen molar-refractivity contribution in [3.8, 4) is 5.69 Å². The van der Waals surface area contributed by atoms with Crippen molar-refractivity contribution in [2.75, 3.05) is 17.1 Å². The minimum absolute atomic E-state index is 0.137. The Balaban J connectivity index is 1.82. The summed E-state index contributed by atoms with van der Waals surface area (Å²) in [5.41, 5.74) is 0.619. The molecule has 2 heterocycles. The molecule has 2 aromatic rings. The van der Waals surface area contributed by atoms with Crippen LogP contribution in [0.25, 0.3) is 5.69 Å². The van der Waals surface area contributed by atoms with Gasteiger partial charge < -0.3 is 4.74 Å². The zero-order chi connectivity index (χ0) is 16.3. The van der Waals surface area contributed by atoms with E-state index in [9.17, 15) is 12.8 Å². The highest BCUT2D eigenvalue weighted by atomic mass is 32.2. The first-order valence-corrected chi connectivity index (χ1v) is 9.10. The van der Waals surface area contributed by atoms with E-state index in [1.54, 1.807) is 18.5 Å². The van der Waals surface area contributed by atoms with Gasteiger partial charge in [0.15, 0.2) is 0 Å². The van der Waals surface area contributed by atoms with E-state index in [1.807, 2.05) is 0 Å². The number of rotatable bonds is 5. The third-order valence-electron chi connectivity index (χ3n) is 3.65. The number of hydrogen-bond acceptors (Lipinski definition) is 4. The average molecular weight is 339 g/mol. The van der Waals surface area contributed by atoms with Gasteiger partial charge in [-0.1, -0.05) is 0 Å². The Kier molecular flexibility index (Phi) is 4.63. The van der Waals surface area contributed by atoms with E-state index in [-0.39, 0.29) is 17.5 Å². The van der Waals surface area contributed by atoms with Crippen LogP contribution in [0.4, 0.5) is 10.1 Å². The highest BCUT2D eigenvalue weighted by molar-refractivity contribution is 7.92. The first-order chi connectivity index (χ1) is 11.0. The third kappa shape index (κ3) is 4.08. The van der Waals surface area contributed by atoms with E-state index < -0.39 is 15.8 Å². The number of ether oxygens (including phenoxy) is 1. The van der Waals surface area contributed by atoms with Gasteiger partial charge in [0.1, 0.15) is 5.82 Å². The number of benzene rings is 1. The van der Waals surface area contributed by atoms with E-state index in [4.69, 9.17) is 4.74 Å². The van der Waals surface area contributed by atoms with Crippen molar-refractivity contribution in [1.82, 2.24) is 9.78 Å². The standard InChI is InChI=1S/C15H18FN3O3S/c16-12-5-6-15(19-8-3-7-17-19)14(10-12)18-23(20,21)11-13-4-1-2-9-22-13/h3,5-8,10,13,18H,1-2,4,9,11H2/t13-/m0/s1. The fourth-order valence-electron chi connectivity index (χ4n) is 2.59. The van der Waals surface area contributed by atoms with Crippen molar-refractivity contribution in [3.05, 3.63) is 42.5 Å². The van der Waals surface area contributed by atoms with Gasteiger partial charge in [0.2, 0.25) is 10.0 Å². The SMILES string of the molecule is O=S(=O)(C[C@@H]1CCCCO1)Nc1cc(F)ccc1-n1cccn1. The predicted octanol–water partition coefficient (Wildman–Crippen LogP) is 2.32. The molecule has 1 fully saturated rings. The maximum atomic E-state index is 13.5. The van der Waals surface area contributed by atoms with Gasteiger partial charge in [-0.3, -0.25) is 4.72 Å². The topological polar surface area (TPSA) is 73.2 Å². The van der Waals surface area contributed by atoms with Crippen LogP contribution in [0.3, 0.4) is 0 Å². The largest absolute Gasteiger partial charge is 0.377 e. The van der Waals surface area contributed by atoms with Crippen molar-refractivity contribution < 1.29 is 17.5 Å². The number of aromatic nitrogens is 2. The molecule has 23 heavy (non-hydrogen) atoms. The maximum Gasteiger partial charge on any atom is 0.235 e. The summed E-state index contributed by atoms with van der Waals surface area (Å²) in [4.78, 5) is 0. The van der Waals surface area contributed by atoms with Crippen LogP contribution in [0.5, 0.6) is 0 Å². The van der Waals surface area contributed by atoms with Crippen LogP contribution < -0.4 is 4.72 Å². The lowest BCUT2D eigenvalue weighted by Gasteiger charge is -2.23. The molecule has 3 rings (SSSR count). The second kappa shape index (κ2) is 6.67. The Morgan fingerprint density at radius 2 is 2.26 bits per heavy atom. The van der Waals surface area contributed by atoms with Crippen LogP contribution in [0.2, 0.25) is 0 Å². The summed E-state index contributed by atoms with van der Waals surface area (Å²) in [5, 5.41) is 4.06. The molecule has 1 aromatic carbocycles. The third-order valence-corrected chi connectivity index (χ3v) is 5.00. The average Bonchev–Trinajstić information content (AvgIpc) is 3.01. The van der Waals surface area contributed by atoms with Crippen LogP contribution >= 0.6 is 0 Å². The predicted molar refractivity (Wildman–Crippen MR) is 84.5 cm³/mol. The number of hydrogen-bond donors (Lipinski definition) is 1. The molecule has 0 saturated carbocycles. The van der Waals surface area contributed by atoms with Gasteiger partial charge in [-0.2, -0.15) is 5.10 Å². The zero-order valence-electron chi connectivity index (χ0n) is 12.5. The van der Waals surface area contributed by atoms with E-state index >= 15 is 0 Å². The summed E-state index contributed by atoms with van der Waals surface area (Å²) >= 11 is 0. The Morgan fingerprint density at radius 1 is 1.39 bits per heavy atom. The zero-order valence-corrected chi connectivity index (χ0v) is 13.3. The molecule has 8 heteroatoms. The summed E-state index contributed by atoms with van der Waals surface area (Å²) in [6.45, 7) is 0.582. The normalized spacial score (nSPS) is 18.7. The molecule has 0 amide bonds. The van der Waals surface area contributed by atoms with Crippen molar-refractivity contribution >= 4 is 15.7 Å². The van der Waals surface area contributed by atoms with Crippen molar-refractivity contribution in [2.24, 2.45) is 0 Å². The number of anilines is 1. The minimum atomic E-state index is -3.65. The number of sulfonamides is 1. The Morgan fingerprint density at radius 3 is 2.96 bits per heavy atom. The summed E-state index contributed by atoms with van der Waals surface area (Å²) < 4.78 is 47.7. The molecule has 6 nitrogen and oxygen atoms in total. The van der Waals surface area contributed by atoms with Gasteiger partial charge >= 0.3 is 0 Å². The molecule has 124 valence electrons. The van der Waals surface area contributed by atoms with Crippen LogP contribution in [-0.4, -0.2) is 36.7 Å². The summed E-state index contributed by atoms with van der Waals surface area (Å²) in [7, 11) is -3.65. The van der Waals surface area contributed by atoms with E-state index in [2.05, 4.69) is 9.82 Å². The molecule has 0 spiro atoms. The number of nitrogens with zero attached hydrogens (tertiary/aromatic N) is 2. The minimum Gasteiger partial charge on any atom is -0.377 e. The monoisotopic (exact) mass is 339 g/mol. The highest BCUT2D eigenvalue weighted by Gasteiger charge is 2.23. The van der Waals surface area contributed by atoms with E-state index in [1.165, 1.54) is 16.8 Å². The molecule has 0 bridgehead atoms. The summed E-state index contributed by atoms with van der Waals surface area (Å²) in [6, 6.07) is 5.60. The smallest absolute Gasteiger partial charge is 0.235 e. The summed E-state index contributed by atoms with van der Waals surface area (Å²) in [5.74, 6) is -0.658. The van der Waals surface area contributed by atoms with Crippen LogP contribution in [-0.2, 0) is 14.8 Å². The second-order valence-electron chi connectivity index (χ2n) is 5.48. The van der Waals surface area contributed by atoms with Crippen molar-refractivity contribution in [1.29, 1.82) is 0 Å². The highest BCUT2D eigenvalue weighted by Crippen LogP contribution is 2.23. The van der Waals surface area contributed by atoms with Gasteiger partial charge in [0.25, 0.3) is 0 Å². The molecule has 1 aliphatic heterocycles. The number of halogens is 1. The van der Waals surface area contributed by atoms with E-state index in [0.717, 1.165) is 25.3 Å². The molecule has 0 aliphatic carbocycles. The first-order valence-electron chi connectivity index (χ1n) is 7.45. The molecule has 1 aromatic heterocycles. The maximum absolute atomic E-state index is 13.5. The lowest BCUT2D eigenvalue weighted by Crippen LogP contribution is -2.31. The van der Waals surface area contributed by atoms with E-state index in [0.29, 0.717) is 12.3 Å². The fourth-order valence-corrected chi connectivity index (χ4v) is 3.93. The fraction of sp³-hybridized carbons (Fsp3) is 0.400. The van der Waals surface area contributed by atoms with Crippen LogP contribution in [0, 0.1) is 5.82 Å². The van der Waals surface area contributed by atoms with Crippen molar-refractivity contribution in [2.45, 2.75) is 25.4 Å².